The first-order chi connectivity index (χ1) is 8.81. The van der Waals surface area contributed by atoms with Crippen LogP contribution in [0.5, 0.6) is 5.75 Å². The maximum absolute atomic E-state index is 5.64. The number of rotatable bonds is 8. The first kappa shape index (κ1) is 14.6. The van der Waals surface area contributed by atoms with Crippen molar-refractivity contribution in [2.75, 3.05) is 13.2 Å². The van der Waals surface area contributed by atoms with Crippen molar-refractivity contribution in [2.24, 2.45) is 0 Å². The first-order valence-electron chi connectivity index (χ1n) is 6.71. The van der Waals surface area contributed by atoms with Gasteiger partial charge in [-0.2, -0.15) is 0 Å². The summed E-state index contributed by atoms with van der Waals surface area (Å²) < 4.78 is 5.64. The molecule has 1 aromatic carbocycles. The van der Waals surface area contributed by atoms with Gasteiger partial charge in [0.15, 0.2) is 0 Å². The van der Waals surface area contributed by atoms with Gasteiger partial charge in [0.05, 0.1) is 6.61 Å². The molecule has 2 heteroatoms. The summed E-state index contributed by atoms with van der Waals surface area (Å²) in [6, 6.07) is 8.46. The Labute approximate surface area is 111 Å². The van der Waals surface area contributed by atoms with Crippen LogP contribution in [0.2, 0.25) is 0 Å². The second-order valence-corrected chi connectivity index (χ2v) is 4.29. The van der Waals surface area contributed by atoms with Crippen molar-refractivity contribution in [1.29, 1.82) is 0 Å². The van der Waals surface area contributed by atoms with Gasteiger partial charge in [-0.05, 0) is 30.7 Å². The van der Waals surface area contributed by atoms with Gasteiger partial charge in [-0.15, -0.1) is 12.3 Å². The van der Waals surface area contributed by atoms with Crippen LogP contribution in [0, 0.1) is 12.3 Å². The topological polar surface area (TPSA) is 21.3 Å². The third kappa shape index (κ3) is 4.81. The van der Waals surface area contributed by atoms with Crippen LogP contribution in [0.4, 0.5) is 0 Å². The Bertz CT molecular complexity index is 364. The number of hydrogen-bond donors (Lipinski definition) is 1. The molecular weight excluding hydrogens is 222 g/mol. The molecule has 0 aromatic heterocycles. The van der Waals surface area contributed by atoms with Crippen LogP contribution in [-0.4, -0.2) is 13.2 Å². The van der Waals surface area contributed by atoms with Crippen LogP contribution in [0.1, 0.15) is 44.7 Å². The minimum atomic E-state index is 0.240. The summed E-state index contributed by atoms with van der Waals surface area (Å²) in [4.78, 5) is 0. The zero-order valence-electron chi connectivity index (χ0n) is 11.4. The molecule has 0 aliphatic carbocycles. The molecule has 0 radical (unpaired) electrons. The Morgan fingerprint density at radius 1 is 1.28 bits per heavy atom. The smallest absolute Gasteiger partial charge is 0.119 e. The van der Waals surface area contributed by atoms with Gasteiger partial charge in [-0.1, -0.05) is 32.4 Å². The van der Waals surface area contributed by atoms with Crippen molar-refractivity contribution < 1.29 is 4.74 Å². The van der Waals surface area contributed by atoms with Gasteiger partial charge in [0.2, 0.25) is 0 Å². The molecule has 2 nitrogen and oxygen atoms in total. The molecule has 0 bridgehead atoms. The standard InChI is InChI=1S/C16H23NO/c1-4-7-13-18-15-11-9-14(10-12-15)16(8-5-2)17-6-3/h2,9-12,16-17H,4,6-8,13H2,1,3H3. The van der Waals surface area contributed by atoms with E-state index < -0.39 is 0 Å². The van der Waals surface area contributed by atoms with E-state index in [2.05, 4.69) is 37.2 Å². The number of benzene rings is 1. The summed E-state index contributed by atoms with van der Waals surface area (Å²) in [6.45, 7) is 5.96. The molecule has 98 valence electrons. The van der Waals surface area contributed by atoms with Crippen molar-refractivity contribution in [1.82, 2.24) is 5.32 Å². The number of nitrogens with one attached hydrogen (secondary N) is 1. The fourth-order valence-electron chi connectivity index (χ4n) is 1.80. The third-order valence-electron chi connectivity index (χ3n) is 2.82. The summed E-state index contributed by atoms with van der Waals surface area (Å²) >= 11 is 0. The quantitative estimate of drug-likeness (QED) is 0.559. The summed E-state index contributed by atoms with van der Waals surface area (Å²) in [6.07, 6.45) is 8.36. The molecule has 0 saturated heterocycles. The first-order valence-corrected chi connectivity index (χ1v) is 6.71. The highest BCUT2D eigenvalue weighted by molar-refractivity contribution is 5.29. The lowest BCUT2D eigenvalue weighted by Gasteiger charge is -2.16. The maximum Gasteiger partial charge on any atom is 0.119 e. The Hall–Kier alpha value is -1.46. The lowest BCUT2D eigenvalue weighted by Crippen LogP contribution is -2.20. The maximum atomic E-state index is 5.64. The summed E-state index contributed by atoms with van der Waals surface area (Å²) in [7, 11) is 0. The van der Waals surface area contributed by atoms with Gasteiger partial charge in [0, 0.05) is 12.5 Å². The van der Waals surface area contributed by atoms with Crippen molar-refractivity contribution in [2.45, 2.75) is 39.2 Å². The molecule has 1 atom stereocenters. The van der Waals surface area contributed by atoms with E-state index in [0.717, 1.165) is 31.7 Å². The average molecular weight is 245 g/mol. The van der Waals surface area contributed by atoms with E-state index in [9.17, 15) is 0 Å². The summed E-state index contributed by atoms with van der Waals surface area (Å²) in [5.74, 6) is 3.65. The number of unbranched alkanes of at least 4 members (excludes halogenated alkanes) is 1. The van der Waals surface area contributed by atoms with Crippen LogP contribution in [0.25, 0.3) is 0 Å². The Kier molecular flexibility index (Phi) is 6.98. The van der Waals surface area contributed by atoms with Crippen molar-refractivity contribution in [3.63, 3.8) is 0 Å². The molecule has 1 aromatic rings. The van der Waals surface area contributed by atoms with E-state index in [1.165, 1.54) is 5.56 Å². The highest BCUT2D eigenvalue weighted by Gasteiger charge is 2.08. The zero-order valence-corrected chi connectivity index (χ0v) is 11.4. The third-order valence-corrected chi connectivity index (χ3v) is 2.82. The van der Waals surface area contributed by atoms with Gasteiger partial charge in [0.1, 0.15) is 5.75 Å². The zero-order chi connectivity index (χ0) is 13.2. The normalized spacial score (nSPS) is 11.8. The highest BCUT2D eigenvalue weighted by Crippen LogP contribution is 2.20. The molecule has 1 rings (SSSR count). The predicted molar refractivity (Wildman–Crippen MR) is 76.7 cm³/mol. The number of ether oxygens (including phenoxy) is 1. The second-order valence-electron chi connectivity index (χ2n) is 4.29. The fraction of sp³-hybridized carbons (Fsp3) is 0.500. The van der Waals surface area contributed by atoms with Crippen LogP contribution in [0.3, 0.4) is 0 Å². The van der Waals surface area contributed by atoms with E-state index in [1.807, 2.05) is 12.1 Å². The van der Waals surface area contributed by atoms with Gasteiger partial charge < -0.3 is 10.1 Å². The highest BCUT2D eigenvalue weighted by atomic mass is 16.5. The minimum absolute atomic E-state index is 0.240. The molecule has 0 aliphatic heterocycles. The van der Waals surface area contributed by atoms with Crippen molar-refractivity contribution in [3.8, 4) is 18.1 Å². The predicted octanol–water partition coefficient (Wildman–Crippen LogP) is 3.54. The molecule has 0 aliphatic rings. The summed E-state index contributed by atoms with van der Waals surface area (Å²) in [5.41, 5.74) is 1.22. The largest absolute Gasteiger partial charge is 0.494 e. The van der Waals surface area contributed by atoms with Crippen molar-refractivity contribution in [3.05, 3.63) is 29.8 Å². The molecule has 18 heavy (non-hydrogen) atoms. The molecule has 1 N–H and O–H groups in total. The second kappa shape index (κ2) is 8.60. The van der Waals surface area contributed by atoms with E-state index in [0.29, 0.717) is 6.42 Å². The average Bonchev–Trinajstić information content (AvgIpc) is 2.40. The minimum Gasteiger partial charge on any atom is -0.494 e. The fourth-order valence-corrected chi connectivity index (χ4v) is 1.80. The monoisotopic (exact) mass is 245 g/mol. The lowest BCUT2D eigenvalue weighted by molar-refractivity contribution is 0.309. The van der Waals surface area contributed by atoms with E-state index in [1.54, 1.807) is 0 Å². The lowest BCUT2D eigenvalue weighted by atomic mass is 10.0. The molecule has 0 saturated carbocycles. The van der Waals surface area contributed by atoms with Gasteiger partial charge in [0.25, 0.3) is 0 Å². The van der Waals surface area contributed by atoms with Crippen LogP contribution in [0.15, 0.2) is 24.3 Å². The molecule has 0 fully saturated rings. The SMILES string of the molecule is C#CCC(NCC)c1ccc(OCCCC)cc1. The Morgan fingerprint density at radius 2 is 2.00 bits per heavy atom. The van der Waals surface area contributed by atoms with E-state index in [4.69, 9.17) is 11.2 Å². The van der Waals surface area contributed by atoms with Crippen molar-refractivity contribution >= 4 is 0 Å². The molecule has 0 spiro atoms. The number of hydrogen-bond acceptors (Lipinski definition) is 2. The van der Waals surface area contributed by atoms with Crippen LogP contribution in [-0.2, 0) is 0 Å². The molecule has 0 heterocycles. The van der Waals surface area contributed by atoms with Gasteiger partial charge in [-0.25, -0.2) is 0 Å². The van der Waals surface area contributed by atoms with Gasteiger partial charge in [-0.3, -0.25) is 0 Å². The molecule has 1 unspecified atom stereocenters. The summed E-state index contributed by atoms with van der Waals surface area (Å²) in [5, 5.41) is 3.39. The Morgan fingerprint density at radius 3 is 2.56 bits per heavy atom. The molecule has 0 amide bonds. The van der Waals surface area contributed by atoms with Gasteiger partial charge >= 0.3 is 0 Å². The molecular formula is C16H23NO. The number of terminal acetylenes is 1. The van der Waals surface area contributed by atoms with Crippen LogP contribution >= 0.6 is 0 Å². The van der Waals surface area contributed by atoms with E-state index in [-0.39, 0.29) is 6.04 Å². The van der Waals surface area contributed by atoms with Crippen LogP contribution < -0.4 is 10.1 Å². The van der Waals surface area contributed by atoms with E-state index >= 15 is 0 Å². The Balaban J connectivity index is 2.59.